The number of esters is 3. The number of hydrogen-bond acceptors (Lipinski definition) is 13. The summed E-state index contributed by atoms with van der Waals surface area (Å²) in [5, 5.41) is 4.59. The number of halogens is 2. The predicted octanol–water partition coefficient (Wildman–Crippen LogP) is -2.08. The van der Waals surface area contributed by atoms with E-state index in [1.165, 1.54) is 6.20 Å². The molecule has 2 aliphatic heterocycles. The van der Waals surface area contributed by atoms with Crippen molar-refractivity contribution in [2.45, 2.75) is 51.4 Å². The van der Waals surface area contributed by atoms with Crippen molar-refractivity contribution in [2.24, 2.45) is 11.5 Å². The van der Waals surface area contributed by atoms with Gasteiger partial charge in [-0.2, -0.15) is 0 Å². The molecule has 0 radical (unpaired) electrons. The van der Waals surface area contributed by atoms with Crippen molar-refractivity contribution in [1.82, 2.24) is 20.2 Å². The van der Waals surface area contributed by atoms with Gasteiger partial charge in [0, 0.05) is 33.2 Å². The molecule has 218 valence electrons. The molecule has 1 aromatic rings. The molecule has 17 nitrogen and oxygen atoms in total. The van der Waals surface area contributed by atoms with Crippen LogP contribution in [0.5, 0.6) is 0 Å². The monoisotopic (exact) mass is 606 g/mol. The van der Waals surface area contributed by atoms with E-state index in [4.69, 9.17) is 53.6 Å². The first-order valence-corrected chi connectivity index (χ1v) is 11.8. The van der Waals surface area contributed by atoms with Crippen LogP contribution in [0.3, 0.4) is 0 Å². The summed E-state index contributed by atoms with van der Waals surface area (Å²) in [6, 6.07) is -1.06. The summed E-state index contributed by atoms with van der Waals surface area (Å²) < 4.78 is 21.8. The Kier molecular flexibility index (Phi) is 11.0. The molecule has 2 aliphatic rings. The Morgan fingerprint density at radius 3 is 2.12 bits per heavy atom. The minimum Gasteiger partial charge on any atom is -0.463 e. The summed E-state index contributed by atoms with van der Waals surface area (Å²) >= 11 is 11.3. The fraction of sp³-hybridized carbons (Fsp3) is 0.429. The molecule has 40 heavy (non-hydrogen) atoms. The lowest BCUT2D eigenvalue weighted by Crippen LogP contribution is -2.53. The van der Waals surface area contributed by atoms with Crippen molar-refractivity contribution >= 4 is 58.8 Å². The molecule has 3 rings (SSSR count). The number of nitrogens with two attached hydrogens (primary N) is 2. The van der Waals surface area contributed by atoms with E-state index < -0.39 is 77.5 Å². The number of nitrogens with one attached hydrogen (secondary N) is 2. The third-order valence-corrected chi connectivity index (χ3v) is 5.32. The number of primary amides is 2. The van der Waals surface area contributed by atoms with Crippen molar-refractivity contribution in [3.05, 3.63) is 38.8 Å². The molecule has 1 saturated heterocycles. The zero-order valence-electron chi connectivity index (χ0n) is 21.0. The van der Waals surface area contributed by atoms with Crippen LogP contribution in [0.4, 0.5) is 0 Å². The molecule has 19 heteroatoms. The summed E-state index contributed by atoms with van der Waals surface area (Å²) in [5.74, 6) is -4.53. The number of ether oxygens (including phenoxy) is 4. The molecule has 6 N–H and O–H groups in total. The van der Waals surface area contributed by atoms with Crippen molar-refractivity contribution in [2.75, 3.05) is 6.61 Å². The lowest BCUT2D eigenvalue weighted by molar-refractivity contribution is -0.166. The molecule has 3 amide bonds. The summed E-state index contributed by atoms with van der Waals surface area (Å²) in [5.41, 5.74) is 8.37. The SMILES string of the molecule is CC(=O)OC[C@H]1O[C@@H](n2cc(Cl)nc(C(N)=O)c2=O)[C@H](OC(C)=O)[C@@H]1OC(C)=O.NC(=O)C1NC(Cl)=CNC1=O. The second-order valence-corrected chi connectivity index (χ2v) is 8.78. The van der Waals surface area contributed by atoms with E-state index in [1.54, 1.807) is 0 Å². The highest BCUT2D eigenvalue weighted by atomic mass is 35.5. The van der Waals surface area contributed by atoms with Gasteiger partial charge in [-0.25, -0.2) is 4.98 Å². The van der Waals surface area contributed by atoms with Crippen LogP contribution < -0.4 is 27.7 Å². The Morgan fingerprint density at radius 1 is 1.02 bits per heavy atom. The van der Waals surface area contributed by atoms with E-state index in [2.05, 4.69) is 15.6 Å². The molecule has 5 atom stereocenters. The number of rotatable bonds is 7. The first kappa shape index (κ1) is 32.0. The third kappa shape index (κ3) is 8.39. The fourth-order valence-corrected chi connectivity index (χ4v) is 3.76. The summed E-state index contributed by atoms with van der Waals surface area (Å²) in [6.45, 7) is 3.00. The van der Waals surface area contributed by atoms with E-state index in [-0.39, 0.29) is 16.9 Å². The Balaban J connectivity index is 0.000000425. The Morgan fingerprint density at radius 2 is 1.62 bits per heavy atom. The van der Waals surface area contributed by atoms with E-state index in [0.717, 1.165) is 31.5 Å². The maximum absolute atomic E-state index is 12.6. The van der Waals surface area contributed by atoms with Crippen molar-refractivity contribution in [1.29, 1.82) is 0 Å². The second kappa shape index (κ2) is 13.7. The van der Waals surface area contributed by atoms with E-state index in [0.29, 0.717) is 0 Å². The molecule has 0 aromatic carbocycles. The Hall–Kier alpha value is -4.22. The Labute approximate surface area is 235 Å². The summed E-state index contributed by atoms with van der Waals surface area (Å²) in [4.78, 5) is 83.3. The van der Waals surface area contributed by atoms with Gasteiger partial charge in [0.25, 0.3) is 17.4 Å². The normalized spacial score (nSPS) is 23.3. The molecular formula is C21H24Cl2N6O11. The van der Waals surface area contributed by atoms with Gasteiger partial charge in [-0.05, 0) is 0 Å². The standard InChI is InChI=1S/C16H18ClN3O9.C5H6ClN3O2/c1-6(21)26-5-9-12(27-7(2)22)13(28-8(3)23)16(29-9)20-4-10(17)19-11(14(18)24)15(20)25;6-2-1-8-5(11)3(9-2)4(7)10/h4,9,12-13,16H,5H2,1-3H3,(H2,18,24);1,3,9H,(H2,7,10)(H,8,11)/t9-,12-,13-,16-;/m1./s1. The average Bonchev–Trinajstić information content (AvgIpc) is 3.16. The van der Waals surface area contributed by atoms with Gasteiger partial charge in [0.1, 0.15) is 23.0 Å². The third-order valence-electron chi connectivity index (χ3n) is 4.92. The summed E-state index contributed by atoms with van der Waals surface area (Å²) in [6.07, 6.45) is -2.73. The number of amides is 3. The minimum absolute atomic E-state index is 0.188. The number of carbonyl (C=O) groups is 6. The van der Waals surface area contributed by atoms with Crippen LogP contribution in [0.2, 0.25) is 5.15 Å². The van der Waals surface area contributed by atoms with Gasteiger partial charge >= 0.3 is 17.9 Å². The van der Waals surface area contributed by atoms with E-state index in [9.17, 15) is 33.6 Å². The molecule has 0 saturated carbocycles. The molecule has 1 unspecified atom stereocenters. The van der Waals surface area contributed by atoms with Gasteiger partial charge in [0.2, 0.25) is 5.91 Å². The molecule has 0 aliphatic carbocycles. The highest BCUT2D eigenvalue weighted by Crippen LogP contribution is 2.34. The van der Waals surface area contributed by atoms with Crippen LogP contribution in [0.15, 0.2) is 22.3 Å². The highest BCUT2D eigenvalue weighted by Gasteiger charge is 2.51. The predicted molar refractivity (Wildman–Crippen MR) is 132 cm³/mol. The molecule has 1 fully saturated rings. The van der Waals surface area contributed by atoms with Crippen LogP contribution in [0.25, 0.3) is 0 Å². The first-order chi connectivity index (χ1) is 18.6. The zero-order valence-corrected chi connectivity index (χ0v) is 22.6. The van der Waals surface area contributed by atoms with E-state index in [1.807, 2.05) is 0 Å². The number of hydrogen-bond donors (Lipinski definition) is 4. The topological polar surface area (TPSA) is 250 Å². The van der Waals surface area contributed by atoms with Crippen molar-refractivity contribution in [3.8, 4) is 0 Å². The largest absolute Gasteiger partial charge is 0.463 e. The molecule has 0 bridgehead atoms. The van der Waals surface area contributed by atoms with Gasteiger partial charge in [0.05, 0.1) is 0 Å². The lowest BCUT2D eigenvalue weighted by Gasteiger charge is -2.24. The van der Waals surface area contributed by atoms with Crippen LogP contribution in [0, 0.1) is 0 Å². The summed E-state index contributed by atoms with van der Waals surface area (Å²) in [7, 11) is 0. The maximum atomic E-state index is 12.6. The van der Waals surface area contributed by atoms with Crippen LogP contribution in [0.1, 0.15) is 37.5 Å². The highest BCUT2D eigenvalue weighted by molar-refractivity contribution is 6.30. The second-order valence-electron chi connectivity index (χ2n) is 7.99. The molecular weight excluding hydrogens is 583 g/mol. The number of aromatic nitrogens is 2. The van der Waals surface area contributed by atoms with Crippen molar-refractivity contribution in [3.63, 3.8) is 0 Å². The zero-order chi connectivity index (χ0) is 30.3. The first-order valence-electron chi connectivity index (χ1n) is 11.1. The number of carbonyl (C=O) groups excluding carboxylic acids is 6. The van der Waals surface area contributed by atoms with E-state index >= 15 is 0 Å². The quantitative estimate of drug-likeness (QED) is 0.113. The molecule has 3 heterocycles. The van der Waals surface area contributed by atoms with Crippen molar-refractivity contribution < 1.29 is 47.7 Å². The van der Waals surface area contributed by atoms with Gasteiger partial charge in [-0.1, -0.05) is 23.2 Å². The average molecular weight is 607 g/mol. The van der Waals surface area contributed by atoms with Crippen LogP contribution in [-0.4, -0.2) is 76.1 Å². The minimum atomic E-state index is -1.38. The fourth-order valence-electron chi connectivity index (χ4n) is 3.41. The van der Waals surface area contributed by atoms with Crippen LogP contribution in [-0.2, 0) is 42.9 Å². The van der Waals surface area contributed by atoms with Crippen LogP contribution >= 0.6 is 23.2 Å². The number of nitrogens with zero attached hydrogens (tertiary/aromatic N) is 2. The Bertz CT molecular complexity index is 1300. The van der Waals surface area contributed by atoms with Gasteiger partial charge in [-0.3, -0.25) is 38.1 Å². The van der Waals surface area contributed by atoms with Gasteiger partial charge in [-0.15, -0.1) is 0 Å². The van der Waals surface area contributed by atoms with Gasteiger partial charge in [0.15, 0.2) is 30.2 Å². The lowest BCUT2D eigenvalue weighted by atomic mass is 10.1. The maximum Gasteiger partial charge on any atom is 0.303 e. The smallest absolute Gasteiger partial charge is 0.303 e. The van der Waals surface area contributed by atoms with Gasteiger partial charge < -0.3 is 41.0 Å². The molecule has 1 aromatic heterocycles. The molecule has 0 spiro atoms.